The molecule has 0 aliphatic carbocycles. The number of carbonyl (C=O) groups excluding carboxylic acids is 1. The average Bonchev–Trinajstić information content (AvgIpc) is 3.39. The minimum absolute atomic E-state index is 0.254. The van der Waals surface area contributed by atoms with Crippen molar-refractivity contribution >= 4 is 34.6 Å². The van der Waals surface area contributed by atoms with Crippen molar-refractivity contribution in [3.63, 3.8) is 0 Å². The number of nitrogens with one attached hydrogen (secondary N) is 3. The average molecular weight is 395 g/mol. The number of carbonyl (C=O) groups is 1. The Kier molecular flexibility index (Phi) is 5.11. The highest BCUT2D eigenvalue weighted by molar-refractivity contribution is 7.80. The molecule has 0 fully saturated rings. The van der Waals surface area contributed by atoms with Crippen molar-refractivity contribution in [1.29, 1.82) is 0 Å². The Morgan fingerprint density at radius 1 is 0.964 bits per heavy atom. The summed E-state index contributed by atoms with van der Waals surface area (Å²) in [6, 6.07) is 16.3. The summed E-state index contributed by atoms with van der Waals surface area (Å²) in [7, 11) is 0. The second-order valence-electron chi connectivity index (χ2n) is 6.00. The van der Waals surface area contributed by atoms with Gasteiger partial charge < -0.3 is 29.8 Å². The number of thiocarbonyl (C=S) groups is 1. The molecule has 0 saturated heterocycles. The van der Waals surface area contributed by atoms with Crippen molar-refractivity contribution in [3.8, 4) is 11.5 Å². The van der Waals surface area contributed by atoms with Crippen LogP contribution in [0, 0.1) is 0 Å². The quantitative estimate of drug-likeness (QED) is 0.568. The number of hydrogen-bond acceptors (Lipinski definition) is 5. The van der Waals surface area contributed by atoms with E-state index in [-0.39, 0.29) is 18.5 Å². The summed E-state index contributed by atoms with van der Waals surface area (Å²) in [5.41, 5.74) is 2.50. The first kappa shape index (κ1) is 17.9. The van der Waals surface area contributed by atoms with E-state index in [1.54, 1.807) is 24.3 Å². The fraction of sp³-hybridized carbons (Fsp3) is 0.100. The predicted octanol–water partition coefficient (Wildman–Crippen LogP) is 3.75. The van der Waals surface area contributed by atoms with Gasteiger partial charge in [0.15, 0.2) is 22.4 Å². The van der Waals surface area contributed by atoms with Crippen molar-refractivity contribution in [3.05, 3.63) is 72.2 Å². The number of fused-ring (bicyclic) bond motifs is 1. The van der Waals surface area contributed by atoms with Crippen molar-refractivity contribution in [2.45, 2.75) is 6.54 Å². The summed E-state index contributed by atoms with van der Waals surface area (Å²) in [5.74, 6) is 1.46. The monoisotopic (exact) mass is 395 g/mol. The molecular formula is C20H17N3O4S. The molecule has 4 rings (SSSR count). The van der Waals surface area contributed by atoms with Gasteiger partial charge in [-0.1, -0.05) is 6.07 Å². The number of ether oxygens (including phenoxy) is 2. The van der Waals surface area contributed by atoms with E-state index >= 15 is 0 Å². The largest absolute Gasteiger partial charge is 0.459 e. The third-order valence-electron chi connectivity index (χ3n) is 4.04. The lowest BCUT2D eigenvalue weighted by Gasteiger charge is -2.11. The van der Waals surface area contributed by atoms with Crippen LogP contribution >= 0.6 is 12.2 Å². The number of anilines is 2. The lowest BCUT2D eigenvalue weighted by Crippen LogP contribution is -2.27. The molecule has 0 saturated carbocycles. The molecule has 0 spiro atoms. The molecule has 2 heterocycles. The number of benzene rings is 2. The fourth-order valence-electron chi connectivity index (χ4n) is 2.65. The Bertz CT molecular complexity index is 987. The molecule has 0 bridgehead atoms. The van der Waals surface area contributed by atoms with E-state index < -0.39 is 0 Å². The van der Waals surface area contributed by atoms with Gasteiger partial charge in [0, 0.05) is 17.9 Å². The smallest absolute Gasteiger partial charge is 0.291 e. The number of hydrogen-bond donors (Lipinski definition) is 3. The Labute approximate surface area is 166 Å². The Morgan fingerprint density at radius 3 is 2.46 bits per heavy atom. The van der Waals surface area contributed by atoms with Gasteiger partial charge in [0.05, 0.1) is 6.26 Å². The van der Waals surface area contributed by atoms with Crippen molar-refractivity contribution in [2.75, 3.05) is 17.4 Å². The van der Waals surface area contributed by atoms with Crippen LogP contribution in [-0.2, 0) is 6.54 Å². The summed E-state index contributed by atoms with van der Waals surface area (Å²) in [6.07, 6.45) is 1.46. The highest BCUT2D eigenvalue weighted by atomic mass is 32.1. The van der Waals surface area contributed by atoms with Gasteiger partial charge >= 0.3 is 0 Å². The van der Waals surface area contributed by atoms with Crippen molar-refractivity contribution in [2.24, 2.45) is 0 Å². The molecule has 7 nitrogen and oxygen atoms in total. The van der Waals surface area contributed by atoms with E-state index in [1.165, 1.54) is 6.26 Å². The molecule has 1 aromatic heterocycles. The van der Waals surface area contributed by atoms with Gasteiger partial charge in [-0.3, -0.25) is 4.79 Å². The first-order valence-corrected chi connectivity index (χ1v) is 8.96. The molecule has 1 aliphatic heterocycles. The minimum atomic E-state index is -0.299. The van der Waals surface area contributed by atoms with Gasteiger partial charge in [-0.15, -0.1) is 0 Å². The molecule has 142 valence electrons. The molecule has 8 heteroatoms. The van der Waals surface area contributed by atoms with Crippen LogP contribution in [0.1, 0.15) is 16.1 Å². The summed E-state index contributed by atoms with van der Waals surface area (Å²) < 4.78 is 15.7. The first-order valence-electron chi connectivity index (χ1n) is 8.56. The molecule has 3 aromatic rings. The van der Waals surface area contributed by atoms with E-state index in [4.69, 9.17) is 26.1 Å². The summed E-state index contributed by atoms with van der Waals surface area (Å²) in [4.78, 5) is 12.0. The van der Waals surface area contributed by atoms with Crippen LogP contribution in [0.3, 0.4) is 0 Å². The summed E-state index contributed by atoms with van der Waals surface area (Å²) in [5, 5.41) is 9.50. The third kappa shape index (κ3) is 4.24. The summed E-state index contributed by atoms with van der Waals surface area (Å²) in [6.45, 7) is 0.809. The number of amides is 1. The van der Waals surface area contributed by atoms with Crippen LogP contribution < -0.4 is 25.4 Å². The minimum Gasteiger partial charge on any atom is -0.459 e. The van der Waals surface area contributed by atoms with Crippen LogP contribution in [0.15, 0.2) is 65.3 Å². The zero-order chi connectivity index (χ0) is 19.3. The van der Waals surface area contributed by atoms with Gasteiger partial charge in [-0.05, 0) is 66.3 Å². The molecule has 1 aliphatic rings. The SMILES string of the molecule is O=C(Nc1ccc(NC(=S)NCc2ccc3c(c2)OCO3)cc1)c1ccco1. The van der Waals surface area contributed by atoms with Gasteiger partial charge in [0.25, 0.3) is 5.91 Å². The molecule has 0 radical (unpaired) electrons. The van der Waals surface area contributed by atoms with Crippen molar-refractivity contribution < 1.29 is 18.7 Å². The van der Waals surface area contributed by atoms with Gasteiger partial charge in [-0.25, -0.2) is 0 Å². The van der Waals surface area contributed by atoms with Crippen LogP contribution in [0.4, 0.5) is 11.4 Å². The standard InChI is InChI=1S/C20H17N3O4S/c24-19(17-2-1-9-25-17)22-14-4-6-15(7-5-14)23-20(28)21-11-13-3-8-16-18(10-13)27-12-26-16/h1-10H,11-12H2,(H,22,24)(H2,21,23,28). The molecule has 0 unspecified atom stereocenters. The predicted molar refractivity (Wildman–Crippen MR) is 109 cm³/mol. The molecule has 1 amide bonds. The van der Waals surface area contributed by atoms with E-state index in [1.807, 2.05) is 30.3 Å². The van der Waals surface area contributed by atoms with E-state index in [2.05, 4.69) is 16.0 Å². The second kappa shape index (κ2) is 8.01. The fourth-order valence-corrected chi connectivity index (χ4v) is 2.84. The van der Waals surface area contributed by atoms with Gasteiger partial charge in [0.2, 0.25) is 6.79 Å². The molecule has 3 N–H and O–H groups in total. The molecule has 2 aromatic carbocycles. The van der Waals surface area contributed by atoms with Crippen LogP contribution in [0.25, 0.3) is 0 Å². The highest BCUT2D eigenvalue weighted by Gasteiger charge is 2.13. The first-order chi connectivity index (χ1) is 13.7. The molecule has 0 atom stereocenters. The maximum atomic E-state index is 12.0. The van der Waals surface area contributed by atoms with Crippen LogP contribution in [-0.4, -0.2) is 17.8 Å². The maximum Gasteiger partial charge on any atom is 0.291 e. The lowest BCUT2D eigenvalue weighted by atomic mass is 10.2. The van der Waals surface area contributed by atoms with Crippen molar-refractivity contribution in [1.82, 2.24) is 5.32 Å². The second-order valence-corrected chi connectivity index (χ2v) is 6.41. The van der Waals surface area contributed by atoms with Gasteiger partial charge in [0.1, 0.15) is 0 Å². The van der Waals surface area contributed by atoms with Crippen LogP contribution in [0.5, 0.6) is 11.5 Å². The topological polar surface area (TPSA) is 84.8 Å². The normalized spacial score (nSPS) is 11.7. The number of rotatable bonds is 5. The zero-order valence-electron chi connectivity index (χ0n) is 14.7. The van der Waals surface area contributed by atoms with E-state index in [0.29, 0.717) is 17.3 Å². The van der Waals surface area contributed by atoms with Crippen LogP contribution in [0.2, 0.25) is 0 Å². The van der Waals surface area contributed by atoms with E-state index in [9.17, 15) is 4.79 Å². The maximum absolute atomic E-state index is 12.0. The zero-order valence-corrected chi connectivity index (χ0v) is 15.5. The lowest BCUT2D eigenvalue weighted by molar-refractivity contribution is 0.0996. The summed E-state index contributed by atoms with van der Waals surface area (Å²) >= 11 is 5.33. The Hall–Kier alpha value is -3.52. The highest BCUT2D eigenvalue weighted by Crippen LogP contribution is 2.32. The molecular weight excluding hydrogens is 378 g/mol. The number of furan rings is 1. The Balaban J connectivity index is 1.28. The van der Waals surface area contributed by atoms with Gasteiger partial charge in [-0.2, -0.15) is 0 Å². The van der Waals surface area contributed by atoms with E-state index in [0.717, 1.165) is 22.7 Å². The molecule has 28 heavy (non-hydrogen) atoms. The Morgan fingerprint density at radius 2 is 1.71 bits per heavy atom. The third-order valence-corrected chi connectivity index (χ3v) is 4.28.